The largest absolute Gasteiger partial charge is 0.270 e. The van der Waals surface area contributed by atoms with Crippen LogP contribution < -0.4 is 10.9 Å². The first-order chi connectivity index (χ1) is 13.5. The van der Waals surface area contributed by atoms with Gasteiger partial charge in [0.05, 0.1) is 23.7 Å². The Bertz CT molecular complexity index is 1130. The Morgan fingerprint density at radius 3 is 2.57 bits per heavy atom. The topological polar surface area (TPSA) is 97.6 Å². The van der Waals surface area contributed by atoms with E-state index < -0.39 is 0 Å². The SMILES string of the molecule is Cc1cc(C)nc(NNC(=O)c2cc(C)nc3c2cnn3Cc2cccs2)n1. The maximum Gasteiger partial charge on any atom is 0.270 e. The lowest BCUT2D eigenvalue weighted by atomic mass is 10.1. The molecule has 8 nitrogen and oxygen atoms in total. The lowest BCUT2D eigenvalue weighted by Gasteiger charge is -2.10. The van der Waals surface area contributed by atoms with Crippen LogP contribution in [0, 0.1) is 20.8 Å². The number of anilines is 1. The van der Waals surface area contributed by atoms with Crippen molar-refractivity contribution in [2.45, 2.75) is 27.3 Å². The van der Waals surface area contributed by atoms with Gasteiger partial charge >= 0.3 is 0 Å². The van der Waals surface area contributed by atoms with Gasteiger partial charge in [0.15, 0.2) is 5.65 Å². The summed E-state index contributed by atoms with van der Waals surface area (Å²) < 4.78 is 1.81. The van der Waals surface area contributed by atoms with Gasteiger partial charge in [-0.15, -0.1) is 11.3 Å². The molecule has 0 saturated heterocycles. The molecule has 0 bridgehead atoms. The number of fused-ring (bicyclic) bond motifs is 1. The third-order valence-electron chi connectivity index (χ3n) is 4.14. The number of aryl methyl sites for hydroxylation is 3. The van der Waals surface area contributed by atoms with E-state index in [2.05, 4.69) is 37.0 Å². The zero-order valence-electron chi connectivity index (χ0n) is 15.7. The molecule has 0 radical (unpaired) electrons. The minimum Gasteiger partial charge on any atom is -0.267 e. The van der Waals surface area contributed by atoms with Crippen molar-refractivity contribution >= 4 is 34.2 Å². The Morgan fingerprint density at radius 2 is 1.86 bits per heavy atom. The molecular formula is C19H19N7OS. The molecule has 0 atom stereocenters. The highest BCUT2D eigenvalue weighted by atomic mass is 32.1. The fourth-order valence-corrected chi connectivity index (χ4v) is 3.67. The Kier molecular flexibility index (Phi) is 4.74. The van der Waals surface area contributed by atoms with Crippen LogP contribution in [-0.4, -0.2) is 30.6 Å². The molecule has 0 spiro atoms. The van der Waals surface area contributed by atoms with Gasteiger partial charge in [-0.3, -0.25) is 15.6 Å². The summed E-state index contributed by atoms with van der Waals surface area (Å²) in [6.45, 7) is 6.23. The van der Waals surface area contributed by atoms with Crippen LogP contribution in [0.2, 0.25) is 0 Å². The second-order valence-electron chi connectivity index (χ2n) is 6.48. The third-order valence-corrected chi connectivity index (χ3v) is 5.00. The van der Waals surface area contributed by atoms with Crippen molar-refractivity contribution in [1.29, 1.82) is 0 Å². The van der Waals surface area contributed by atoms with Crippen LogP contribution in [0.1, 0.15) is 32.3 Å². The molecule has 4 aromatic rings. The average Bonchev–Trinajstić information content (AvgIpc) is 3.29. The quantitative estimate of drug-likeness (QED) is 0.506. The maximum absolute atomic E-state index is 12.8. The zero-order chi connectivity index (χ0) is 19.7. The van der Waals surface area contributed by atoms with E-state index >= 15 is 0 Å². The summed E-state index contributed by atoms with van der Waals surface area (Å²) in [5.74, 6) is 0.0511. The summed E-state index contributed by atoms with van der Waals surface area (Å²) in [5.41, 5.74) is 9.02. The third kappa shape index (κ3) is 3.70. The monoisotopic (exact) mass is 393 g/mol. The van der Waals surface area contributed by atoms with Crippen molar-refractivity contribution in [1.82, 2.24) is 30.2 Å². The van der Waals surface area contributed by atoms with E-state index in [4.69, 9.17) is 0 Å². The Morgan fingerprint density at radius 1 is 1.11 bits per heavy atom. The van der Waals surface area contributed by atoms with E-state index in [1.165, 1.54) is 4.88 Å². The molecular weight excluding hydrogens is 374 g/mol. The second-order valence-corrected chi connectivity index (χ2v) is 7.52. The molecule has 0 saturated carbocycles. The summed E-state index contributed by atoms with van der Waals surface area (Å²) in [5, 5.41) is 7.16. The number of nitrogens with zero attached hydrogens (tertiary/aromatic N) is 5. The summed E-state index contributed by atoms with van der Waals surface area (Å²) in [4.78, 5) is 27.1. The highest BCUT2D eigenvalue weighted by molar-refractivity contribution is 7.09. The first-order valence-corrected chi connectivity index (χ1v) is 9.62. The summed E-state index contributed by atoms with van der Waals surface area (Å²) in [7, 11) is 0. The smallest absolute Gasteiger partial charge is 0.267 e. The molecule has 142 valence electrons. The summed E-state index contributed by atoms with van der Waals surface area (Å²) in [6.07, 6.45) is 1.68. The highest BCUT2D eigenvalue weighted by Crippen LogP contribution is 2.20. The molecule has 0 aliphatic rings. The number of hydrogen-bond acceptors (Lipinski definition) is 7. The van der Waals surface area contributed by atoms with E-state index in [0.29, 0.717) is 29.1 Å². The Hall–Kier alpha value is -3.33. The van der Waals surface area contributed by atoms with Crippen LogP contribution in [0.25, 0.3) is 11.0 Å². The first kappa shape index (κ1) is 18.1. The van der Waals surface area contributed by atoms with Crippen molar-refractivity contribution < 1.29 is 4.79 Å². The van der Waals surface area contributed by atoms with E-state index in [-0.39, 0.29) is 5.91 Å². The van der Waals surface area contributed by atoms with Crippen LogP contribution in [0.3, 0.4) is 0 Å². The van der Waals surface area contributed by atoms with E-state index in [9.17, 15) is 4.79 Å². The number of aromatic nitrogens is 5. The molecule has 2 N–H and O–H groups in total. The van der Waals surface area contributed by atoms with Crippen LogP contribution in [0.15, 0.2) is 35.8 Å². The molecule has 0 unspecified atom stereocenters. The van der Waals surface area contributed by atoms with Crippen LogP contribution in [0.4, 0.5) is 5.95 Å². The maximum atomic E-state index is 12.8. The minimum absolute atomic E-state index is 0.297. The van der Waals surface area contributed by atoms with Crippen molar-refractivity contribution in [3.63, 3.8) is 0 Å². The van der Waals surface area contributed by atoms with Crippen molar-refractivity contribution in [3.8, 4) is 0 Å². The van der Waals surface area contributed by atoms with Gasteiger partial charge in [-0.05, 0) is 44.4 Å². The molecule has 0 fully saturated rings. The Balaban J connectivity index is 1.60. The van der Waals surface area contributed by atoms with Gasteiger partial charge in [0.25, 0.3) is 5.91 Å². The van der Waals surface area contributed by atoms with Gasteiger partial charge in [0.1, 0.15) is 0 Å². The number of amides is 1. The molecule has 1 amide bonds. The number of pyridine rings is 1. The lowest BCUT2D eigenvalue weighted by Crippen LogP contribution is -2.30. The number of hydrogen-bond donors (Lipinski definition) is 2. The standard InChI is InChI=1S/C19H19N7OS/c1-11-7-12(2)23-19(22-11)25-24-18(27)15-8-13(3)21-17-16(15)9-20-26(17)10-14-5-4-6-28-14/h4-9H,10H2,1-3H3,(H,24,27)(H,22,23,25). The zero-order valence-corrected chi connectivity index (χ0v) is 16.5. The molecule has 4 heterocycles. The van der Waals surface area contributed by atoms with Crippen molar-refractivity contribution in [2.75, 3.05) is 5.43 Å². The fourth-order valence-electron chi connectivity index (χ4n) is 2.99. The molecule has 0 aliphatic heterocycles. The molecule has 4 rings (SSSR count). The van der Waals surface area contributed by atoms with Gasteiger partial charge in [-0.2, -0.15) is 5.10 Å². The molecule has 9 heteroatoms. The molecule has 28 heavy (non-hydrogen) atoms. The van der Waals surface area contributed by atoms with Gasteiger partial charge in [0.2, 0.25) is 5.95 Å². The Labute approximate surface area is 165 Å². The van der Waals surface area contributed by atoms with Gasteiger partial charge in [0, 0.05) is 22.0 Å². The predicted molar refractivity (Wildman–Crippen MR) is 108 cm³/mol. The fraction of sp³-hybridized carbons (Fsp3) is 0.211. The summed E-state index contributed by atoms with van der Waals surface area (Å²) in [6, 6.07) is 7.67. The predicted octanol–water partition coefficient (Wildman–Crippen LogP) is 3.01. The van der Waals surface area contributed by atoms with Crippen LogP contribution >= 0.6 is 11.3 Å². The van der Waals surface area contributed by atoms with Crippen molar-refractivity contribution in [2.24, 2.45) is 0 Å². The van der Waals surface area contributed by atoms with Crippen molar-refractivity contribution in [3.05, 3.63) is 63.4 Å². The average molecular weight is 393 g/mol. The number of thiophene rings is 1. The van der Waals surface area contributed by atoms with E-state index in [0.717, 1.165) is 17.1 Å². The summed E-state index contributed by atoms with van der Waals surface area (Å²) >= 11 is 1.66. The minimum atomic E-state index is -0.297. The number of hydrazine groups is 1. The number of nitrogens with one attached hydrogen (secondary N) is 2. The first-order valence-electron chi connectivity index (χ1n) is 8.74. The molecule has 4 aromatic heterocycles. The normalized spacial score (nSPS) is 11.0. The van der Waals surface area contributed by atoms with Gasteiger partial charge < -0.3 is 0 Å². The van der Waals surface area contributed by atoms with E-state index in [1.54, 1.807) is 23.6 Å². The van der Waals surface area contributed by atoms with E-state index in [1.807, 2.05) is 43.0 Å². The molecule has 0 aromatic carbocycles. The lowest BCUT2D eigenvalue weighted by molar-refractivity contribution is 0.0963. The van der Waals surface area contributed by atoms with Gasteiger partial charge in [-0.1, -0.05) is 6.07 Å². The number of rotatable bonds is 5. The molecule has 0 aliphatic carbocycles. The van der Waals surface area contributed by atoms with Gasteiger partial charge in [-0.25, -0.2) is 19.6 Å². The second kappa shape index (κ2) is 7.35. The van der Waals surface area contributed by atoms with Crippen LogP contribution in [0.5, 0.6) is 0 Å². The number of carbonyl (C=O) groups is 1. The van der Waals surface area contributed by atoms with Crippen LogP contribution in [-0.2, 0) is 6.54 Å². The highest BCUT2D eigenvalue weighted by Gasteiger charge is 2.16. The number of carbonyl (C=O) groups excluding carboxylic acids is 1.